The molecule has 1 aromatic heterocycles. The van der Waals surface area contributed by atoms with Gasteiger partial charge in [-0.05, 0) is 48.4 Å². The molecule has 0 radical (unpaired) electrons. The fraction of sp³-hybridized carbons (Fsp3) is 0.524. The van der Waals surface area contributed by atoms with E-state index >= 15 is 0 Å². The quantitative estimate of drug-likeness (QED) is 0.775. The highest BCUT2D eigenvalue weighted by molar-refractivity contribution is 6.03. The second-order valence-electron chi connectivity index (χ2n) is 7.76. The van der Waals surface area contributed by atoms with E-state index in [1.807, 2.05) is 16.9 Å². The molecule has 1 fully saturated rings. The Balaban J connectivity index is 0.00000261. The lowest BCUT2D eigenvalue weighted by Gasteiger charge is -2.23. The highest BCUT2D eigenvalue weighted by Gasteiger charge is 2.20. The minimum atomic E-state index is -0.137. The van der Waals surface area contributed by atoms with Gasteiger partial charge in [0, 0.05) is 18.4 Å². The molecule has 148 valence electrons. The Morgan fingerprint density at radius 1 is 1.19 bits per heavy atom. The highest BCUT2D eigenvalue weighted by Crippen LogP contribution is 2.32. The van der Waals surface area contributed by atoms with Crippen molar-refractivity contribution in [2.75, 3.05) is 18.4 Å². The van der Waals surface area contributed by atoms with Crippen LogP contribution in [0.1, 0.15) is 80.0 Å². The molecule has 1 saturated heterocycles. The van der Waals surface area contributed by atoms with E-state index in [0.717, 1.165) is 31.6 Å². The van der Waals surface area contributed by atoms with Crippen molar-refractivity contribution in [3.8, 4) is 0 Å². The smallest absolute Gasteiger partial charge is 0.276 e. The topological polar surface area (TPSA) is 59.0 Å². The SMILES string of the molecule is CC(C)c1cccc(C(C)C)c1NC(=O)c1ccn(C2CCCNC2)n1.Cl. The van der Waals surface area contributed by atoms with Crippen LogP contribution in [-0.4, -0.2) is 28.8 Å². The van der Waals surface area contributed by atoms with E-state index < -0.39 is 0 Å². The first-order valence-electron chi connectivity index (χ1n) is 9.67. The number of nitrogens with zero attached hydrogens (tertiary/aromatic N) is 2. The van der Waals surface area contributed by atoms with Gasteiger partial charge in [-0.2, -0.15) is 5.10 Å². The van der Waals surface area contributed by atoms with Crippen LogP contribution in [0, 0.1) is 0 Å². The number of amides is 1. The van der Waals surface area contributed by atoms with Crippen LogP contribution in [0.2, 0.25) is 0 Å². The number of anilines is 1. The lowest BCUT2D eigenvalue weighted by molar-refractivity contribution is 0.102. The van der Waals surface area contributed by atoms with Gasteiger partial charge in [0.2, 0.25) is 0 Å². The van der Waals surface area contributed by atoms with Crippen molar-refractivity contribution in [2.45, 2.75) is 58.4 Å². The fourth-order valence-electron chi connectivity index (χ4n) is 3.59. The molecule has 27 heavy (non-hydrogen) atoms. The number of hydrogen-bond donors (Lipinski definition) is 2. The van der Waals surface area contributed by atoms with Crippen molar-refractivity contribution in [3.05, 3.63) is 47.3 Å². The van der Waals surface area contributed by atoms with Crippen molar-refractivity contribution in [1.82, 2.24) is 15.1 Å². The van der Waals surface area contributed by atoms with Gasteiger partial charge in [-0.1, -0.05) is 45.9 Å². The number of para-hydroxylation sites is 1. The summed E-state index contributed by atoms with van der Waals surface area (Å²) in [4.78, 5) is 12.9. The summed E-state index contributed by atoms with van der Waals surface area (Å²) < 4.78 is 1.93. The number of aromatic nitrogens is 2. The number of hydrogen-bond acceptors (Lipinski definition) is 3. The molecule has 0 spiro atoms. The maximum Gasteiger partial charge on any atom is 0.276 e. The Bertz CT molecular complexity index is 737. The summed E-state index contributed by atoms with van der Waals surface area (Å²) in [5.74, 6) is 0.548. The Kier molecular flexibility index (Phi) is 7.45. The van der Waals surface area contributed by atoms with Crippen LogP contribution in [0.5, 0.6) is 0 Å². The van der Waals surface area contributed by atoms with E-state index in [9.17, 15) is 4.79 Å². The van der Waals surface area contributed by atoms with Crippen molar-refractivity contribution in [3.63, 3.8) is 0 Å². The third kappa shape index (κ3) is 4.90. The van der Waals surface area contributed by atoms with Crippen molar-refractivity contribution < 1.29 is 4.79 Å². The van der Waals surface area contributed by atoms with Crippen LogP contribution >= 0.6 is 12.4 Å². The zero-order chi connectivity index (χ0) is 18.7. The lowest BCUT2D eigenvalue weighted by Crippen LogP contribution is -2.32. The summed E-state index contributed by atoms with van der Waals surface area (Å²) >= 11 is 0. The van der Waals surface area contributed by atoms with Gasteiger partial charge in [0.1, 0.15) is 0 Å². The summed E-state index contributed by atoms with van der Waals surface area (Å²) in [6, 6.07) is 8.42. The standard InChI is InChI=1S/C21H30N4O.ClH/c1-14(2)17-8-5-9-18(15(3)4)20(17)23-21(26)19-10-12-25(24-19)16-7-6-11-22-13-16;/h5,8-10,12,14-16,22H,6-7,11,13H2,1-4H3,(H,23,26);1H. The van der Waals surface area contributed by atoms with Gasteiger partial charge in [0.15, 0.2) is 5.69 Å². The molecule has 0 bridgehead atoms. The van der Waals surface area contributed by atoms with Crippen LogP contribution in [0.4, 0.5) is 5.69 Å². The van der Waals surface area contributed by atoms with Crippen molar-refractivity contribution in [2.24, 2.45) is 0 Å². The van der Waals surface area contributed by atoms with Crippen molar-refractivity contribution in [1.29, 1.82) is 0 Å². The first kappa shape index (κ1) is 21.5. The first-order valence-corrected chi connectivity index (χ1v) is 9.67. The predicted molar refractivity (Wildman–Crippen MR) is 113 cm³/mol. The molecule has 0 aliphatic carbocycles. The number of nitrogens with one attached hydrogen (secondary N) is 2. The summed E-state index contributed by atoms with van der Waals surface area (Å²) in [5, 5.41) is 11.1. The number of rotatable bonds is 5. The van der Waals surface area contributed by atoms with Gasteiger partial charge in [0.25, 0.3) is 5.91 Å². The Hall–Kier alpha value is -1.85. The minimum absolute atomic E-state index is 0. The van der Waals surface area contributed by atoms with Gasteiger partial charge in [-0.25, -0.2) is 0 Å². The number of carbonyl (C=O) groups excluding carboxylic acids is 1. The molecule has 2 aromatic rings. The molecule has 5 nitrogen and oxygen atoms in total. The van der Waals surface area contributed by atoms with E-state index in [4.69, 9.17) is 0 Å². The molecule has 1 atom stereocenters. The number of piperidine rings is 1. The van der Waals surface area contributed by atoms with Gasteiger partial charge in [-0.15, -0.1) is 12.4 Å². The molecular formula is C21H31ClN4O. The number of benzene rings is 1. The maximum atomic E-state index is 12.9. The van der Waals surface area contributed by atoms with Crippen LogP contribution < -0.4 is 10.6 Å². The molecule has 3 rings (SSSR count). The Morgan fingerprint density at radius 2 is 1.85 bits per heavy atom. The monoisotopic (exact) mass is 390 g/mol. The second-order valence-corrected chi connectivity index (χ2v) is 7.76. The number of carbonyl (C=O) groups is 1. The third-order valence-electron chi connectivity index (χ3n) is 5.10. The van der Waals surface area contributed by atoms with E-state index in [-0.39, 0.29) is 18.3 Å². The lowest BCUT2D eigenvalue weighted by atomic mass is 9.92. The van der Waals surface area contributed by atoms with Crippen LogP contribution in [0.3, 0.4) is 0 Å². The van der Waals surface area contributed by atoms with Gasteiger partial charge in [-0.3, -0.25) is 9.48 Å². The summed E-state index contributed by atoms with van der Waals surface area (Å²) in [6.45, 7) is 10.6. The third-order valence-corrected chi connectivity index (χ3v) is 5.10. The number of halogens is 1. The molecule has 1 aliphatic rings. The average Bonchev–Trinajstić information content (AvgIpc) is 3.12. The minimum Gasteiger partial charge on any atom is -0.320 e. The summed E-state index contributed by atoms with van der Waals surface area (Å²) in [5.41, 5.74) is 3.75. The van der Waals surface area contributed by atoms with Crippen LogP contribution in [0.25, 0.3) is 0 Å². The van der Waals surface area contributed by atoms with Gasteiger partial charge in [0.05, 0.1) is 6.04 Å². The molecule has 6 heteroatoms. The molecule has 1 aromatic carbocycles. The predicted octanol–water partition coefficient (Wildman–Crippen LogP) is 4.73. The largest absolute Gasteiger partial charge is 0.320 e. The molecule has 1 amide bonds. The van der Waals surface area contributed by atoms with E-state index in [1.54, 1.807) is 0 Å². The zero-order valence-electron chi connectivity index (χ0n) is 16.7. The zero-order valence-corrected chi connectivity index (χ0v) is 17.5. The van der Waals surface area contributed by atoms with Gasteiger partial charge >= 0.3 is 0 Å². The normalized spacial score (nSPS) is 17.0. The highest BCUT2D eigenvalue weighted by atomic mass is 35.5. The summed E-state index contributed by atoms with van der Waals surface area (Å²) in [6.07, 6.45) is 4.17. The average molecular weight is 391 g/mol. The van der Waals surface area contributed by atoms with Crippen molar-refractivity contribution >= 4 is 24.0 Å². The van der Waals surface area contributed by atoms with Crippen LogP contribution in [-0.2, 0) is 0 Å². The molecular weight excluding hydrogens is 360 g/mol. The maximum absolute atomic E-state index is 12.9. The molecule has 2 N–H and O–H groups in total. The molecule has 1 unspecified atom stereocenters. The second kappa shape index (κ2) is 9.38. The van der Waals surface area contributed by atoms with E-state index in [2.05, 4.69) is 61.6 Å². The molecule has 1 aliphatic heterocycles. The van der Waals surface area contributed by atoms with E-state index in [1.165, 1.54) is 11.1 Å². The van der Waals surface area contributed by atoms with Gasteiger partial charge < -0.3 is 10.6 Å². The van der Waals surface area contributed by atoms with E-state index in [0.29, 0.717) is 23.6 Å². The Labute approximate surface area is 168 Å². The fourth-order valence-corrected chi connectivity index (χ4v) is 3.59. The van der Waals surface area contributed by atoms with Crippen LogP contribution in [0.15, 0.2) is 30.5 Å². The molecule has 0 saturated carbocycles. The first-order chi connectivity index (χ1) is 12.5. The summed E-state index contributed by atoms with van der Waals surface area (Å²) in [7, 11) is 0. The Morgan fingerprint density at radius 3 is 2.41 bits per heavy atom. The molecule has 2 heterocycles.